The van der Waals surface area contributed by atoms with Gasteiger partial charge in [0.2, 0.25) is 0 Å². The Morgan fingerprint density at radius 2 is 1.93 bits per heavy atom. The van der Waals surface area contributed by atoms with Crippen molar-refractivity contribution >= 4 is 11.4 Å². The van der Waals surface area contributed by atoms with Gasteiger partial charge in [-0.1, -0.05) is 18.9 Å². The molecule has 0 atom stereocenters. The van der Waals surface area contributed by atoms with Gasteiger partial charge in [0.15, 0.2) is 0 Å². The molecule has 0 radical (unpaired) electrons. The van der Waals surface area contributed by atoms with Crippen LogP contribution in [0.2, 0.25) is 0 Å². The Kier molecular flexibility index (Phi) is 2.85. The number of nitrogens with zero attached hydrogens (tertiary/aromatic N) is 1. The molecule has 2 nitrogen and oxygen atoms in total. The molecule has 0 spiro atoms. The monoisotopic (exact) mass is 204 g/mol. The maximum atomic E-state index is 6.02. The first-order valence-corrected chi connectivity index (χ1v) is 5.77. The molecule has 1 aromatic carbocycles. The van der Waals surface area contributed by atoms with Gasteiger partial charge in [-0.3, -0.25) is 0 Å². The molecule has 2 N–H and O–H groups in total. The van der Waals surface area contributed by atoms with Crippen molar-refractivity contribution in [3.05, 3.63) is 23.8 Å². The number of nitrogens with two attached hydrogens (primary N) is 1. The summed E-state index contributed by atoms with van der Waals surface area (Å²) in [6.45, 7) is 2.12. The summed E-state index contributed by atoms with van der Waals surface area (Å²) in [6, 6.07) is 6.96. The lowest BCUT2D eigenvalue weighted by Crippen LogP contribution is -2.29. The van der Waals surface area contributed by atoms with Crippen LogP contribution >= 0.6 is 0 Å². The summed E-state index contributed by atoms with van der Waals surface area (Å²) in [5.74, 6) is 0. The Labute approximate surface area is 92.1 Å². The van der Waals surface area contributed by atoms with Crippen LogP contribution in [-0.4, -0.2) is 13.1 Å². The van der Waals surface area contributed by atoms with Gasteiger partial charge in [-0.25, -0.2) is 0 Å². The van der Waals surface area contributed by atoms with E-state index in [9.17, 15) is 0 Å². The van der Waals surface area contributed by atoms with Gasteiger partial charge in [0.25, 0.3) is 0 Å². The van der Waals surface area contributed by atoms with Gasteiger partial charge in [0.05, 0.1) is 11.4 Å². The second-order valence-electron chi connectivity index (χ2n) is 4.61. The number of rotatable bonds is 2. The summed E-state index contributed by atoms with van der Waals surface area (Å²) in [5.41, 5.74) is 9.39. The molecule has 82 valence electrons. The average molecular weight is 204 g/mol. The molecule has 1 aliphatic carbocycles. The third-order valence-corrected chi connectivity index (χ3v) is 3.44. The van der Waals surface area contributed by atoms with Crippen molar-refractivity contribution in [2.45, 2.75) is 38.6 Å². The molecule has 0 saturated heterocycles. The van der Waals surface area contributed by atoms with E-state index in [-0.39, 0.29) is 0 Å². The maximum Gasteiger partial charge on any atom is 0.0602 e. The van der Waals surface area contributed by atoms with E-state index in [0.717, 1.165) is 5.69 Å². The van der Waals surface area contributed by atoms with Gasteiger partial charge in [-0.05, 0) is 37.5 Å². The lowest BCUT2D eigenvalue weighted by molar-refractivity contribution is 0.654. The highest BCUT2D eigenvalue weighted by atomic mass is 15.1. The van der Waals surface area contributed by atoms with E-state index in [4.69, 9.17) is 5.73 Å². The van der Waals surface area contributed by atoms with Crippen LogP contribution in [0.25, 0.3) is 0 Å². The van der Waals surface area contributed by atoms with Gasteiger partial charge in [0.1, 0.15) is 0 Å². The zero-order valence-electron chi connectivity index (χ0n) is 9.66. The second-order valence-corrected chi connectivity index (χ2v) is 4.61. The number of hydrogen-bond donors (Lipinski definition) is 1. The van der Waals surface area contributed by atoms with E-state index >= 15 is 0 Å². The molecule has 2 heteroatoms. The highest BCUT2D eigenvalue weighted by molar-refractivity contribution is 5.68. The van der Waals surface area contributed by atoms with E-state index in [0.29, 0.717) is 6.04 Å². The van der Waals surface area contributed by atoms with Crippen molar-refractivity contribution in [2.24, 2.45) is 0 Å². The topological polar surface area (TPSA) is 29.3 Å². The van der Waals surface area contributed by atoms with Crippen LogP contribution in [0.3, 0.4) is 0 Å². The molecule has 2 rings (SSSR count). The summed E-state index contributed by atoms with van der Waals surface area (Å²) in [6.07, 6.45) is 5.34. The minimum absolute atomic E-state index is 0.689. The molecule has 0 unspecified atom stereocenters. The fourth-order valence-corrected chi connectivity index (χ4v) is 2.45. The number of hydrogen-bond acceptors (Lipinski definition) is 2. The molecule has 1 fully saturated rings. The number of anilines is 2. The molecule has 1 aromatic rings. The highest BCUT2D eigenvalue weighted by Gasteiger charge is 2.20. The van der Waals surface area contributed by atoms with Gasteiger partial charge in [-0.15, -0.1) is 0 Å². The van der Waals surface area contributed by atoms with Gasteiger partial charge < -0.3 is 10.6 Å². The Bertz CT molecular complexity index is 340. The fourth-order valence-electron chi connectivity index (χ4n) is 2.45. The summed E-state index contributed by atoms with van der Waals surface area (Å²) in [5, 5.41) is 0. The molecular weight excluding hydrogens is 184 g/mol. The normalized spacial score (nSPS) is 16.9. The van der Waals surface area contributed by atoms with Crippen molar-refractivity contribution in [3.8, 4) is 0 Å². The predicted molar refractivity (Wildman–Crippen MR) is 66.3 cm³/mol. The van der Waals surface area contributed by atoms with Crippen LogP contribution in [0.15, 0.2) is 18.2 Å². The van der Waals surface area contributed by atoms with Crippen molar-refractivity contribution in [3.63, 3.8) is 0 Å². The zero-order chi connectivity index (χ0) is 10.8. The first-order chi connectivity index (χ1) is 7.18. The average Bonchev–Trinajstić information content (AvgIpc) is 2.74. The smallest absolute Gasteiger partial charge is 0.0602 e. The lowest BCUT2D eigenvalue weighted by atomic mass is 10.1. The predicted octanol–water partition coefficient (Wildman–Crippen LogP) is 2.96. The van der Waals surface area contributed by atoms with Crippen LogP contribution in [0.5, 0.6) is 0 Å². The van der Waals surface area contributed by atoms with E-state index in [2.05, 4.69) is 31.0 Å². The number of benzene rings is 1. The minimum atomic E-state index is 0.689. The Morgan fingerprint density at radius 3 is 2.60 bits per heavy atom. The third-order valence-electron chi connectivity index (χ3n) is 3.44. The van der Waals surface area contributed by atoms with Gasteiger partial charge in [0, 0.05) is 13.1 Å². The van der Waals surface area contributed by atoms with E-state index < -0.39 is 0 Å². The molecular formula is C13H20N2. The van der Waals surface area contributed by atoms with E-state index in [1.165, 1.54) is 36.9 Å². The standard InChI is InChI=1S/C13H20N2/c1-10-7-8-12(14)13(9-10)15(2)11-5-3-4-6-11/h7-9,11H,3-6,14H2,1-2H3. The first kappa shape index (κ1) is 10.3. The van der Waals surface area contributed by atoms with Crippen LogP contribution in [0, 0.1) is 6.92 Å². The zero-order valence-corrected chi connectivity index (χ0v) is 9.66. The second kappa shape index (κ2) is 4.13. The summed E-state index contributed by atoms with van der Waals surface area (Å²) < 4.78 is 0. The molecule has 0 aromatic heterocycles. The summed E-state index contributed by atoms with van der Waals surface area (Å²) in [4.78, 5) is 2.36. The molecule has 15 heavy (non-hydrogen) atoms. The molecule has 1 saturated carbocycles. The van der Waals surface area contributed by atoms with E-state index in [1.54, 1.807) is 0 Å². The van der Waals surface area contributed by atoms with Crippen molar-refractivity contribution < 1.29 is 0 Å². The Balaban J connectivity index is 2.23. The quantitative estimate of drug-likeness (QED) is 0.750. The molecule has 0 heterocycles. The van der Waals surface area contributed by atoms with Crippen molar-refractivity contribution in [2.75, 3.05) is 17.7 Å². The van der Waals surface area contributed by atoms with Gasteiger partial charge in [-0.2, -0.15) is 0 Å². The highest BCUT2D eigenvalue weighted by Crippen LogP contribution is 2.30. The molecule has 0 aliphatic heterocycles. The molecule has 0 bridgehead atoms. The Hall–Kier alpha value is -1.18. The van der Waals surface area contributed by atoms with Crippen molar-refractivity contribution in [1.29, 1.82) is 0 Å². The number of aryl methyl sites for hydroxylation is 1. The van der Waals surface area contributed by atoms with Crippen molar-refractivity contribution in [1.82, 2.24) is 0 Å². The van der Waals surface area contributed by atoms with E-state index in [1.807, 2.05) is 6.07 Å². The van der Waals surface area contributed by atoms with Gasteiger partial charge >= 0.3 is 0 Å². The minimum Gasteiger partial charge on any atom is -0.397 e. The van der Waals surface area contributed by atoms with Crippen LogP contribution in [0.1, 0.15) is 31.2 Å². The number of nitrogen functional groups attached to an aromatic ring is 1. The summed E-state index contributed by atoms with van der Waals surface area (Å²) in [7, 11) is 2.17. The molecule has 0 amide bonds. The van der Waals surface area contributed by atoms with Crippen LogP contribution in [0.4, 0.5) is 11.4 Å². The van der Waals surface area contributed by atoms with Crippen LogP contribution < -0.4 is 10.6 Å². The first-order valence-electron chi connectivity index (χ1n) is 5.77. The SMILES string of the molecule is Cc1ccc(N)c(N(C)C2CCCC2)c1. The van der Waals surface area contributed by atoms with Crippen LogP contribution in [-0.2, 0) is 0 Å². The lowest BCUT2D eigenvalue weighted by Gasteiger charge is -2.28. The largest absolute Gasteiger partial charge is 0.397 e. The summed E-state index contributed by atoms with van der Waals surface area (Å²) >= 11 is 0. The third kappa shape index (κ3) is 2.09. The maximum absolute atomic E-state index is 6.02. The molecule has 1 aliphatic rings. The fraction of sp³-hybridized carbons (Fsp3) is 0.538. The Morgan fingerprint density at radius 1 is 1.27 bits per heavy atom.